The number of benzene rings is 1. The van der Waals surface area contributed by atoms with Gasteiger partial charge in [-0.25, -0.2) is 4.98 Å². The highest BCUT2D eigenvalue weighted by atomic mass is 32.1. The van der Waals surface area contributed by atoms with Crippen LogP contribution in [0.4, 0.5) is 0 Å². The lowest BCUT2D eigenvalue weighted by Gasteiger charge is -2.35. The summed E-state index contributed by atoms with van der Waals surface area (Å²) < 4.78 is 0. The van der Waals surface area contributed by atoms with E-state index in [1.54, 1.807) is 11.3 Å². The van der Waals surface area contributed by atoms with E-state index in [2.05, 4.69) is 15.6 Å². The Kier molecular flexibility index (Phi) is 14.3. The van der Waals surface area contributed by atoms with Gasteiger partial charge >= 0.3 is 0 Å². The standard InChI is InChI=1S/C34H53N5O4S/c1-24-30(44-23-37-24)26-17-15-25(16-18-26)21-36-32(42)28-20-27(40)22-39(28)33(43)31(34(2,3)4)38-29(41)14-12-10-8-6-5-7-9-11-13-19-35/h15-18,23,27-28,31,40H,5-14,19-22,35H2,1-4H3,(H,36,42)(H,38,41). The fourth-order valence-electron chi connectivity index (χ4n) is 5.68. The second kappa shape index (κ2) is 17.6. The van der Waals surface area contributed by atoms with Crippen molar-refractivity contribution < 1.29 is 19.5 Å². The number of unbranched alkanes of at least 4 members (excludes halogenated alkanes) is 8. The minimum absolute atomic E-state index is 0.0640. The molecule has 0 saturated carbocycles. The highest BCUT2D eigenvalue weighted by molar-refractivity contribution is 7.13. The average Bonchev–Trinajstić information content (AvgIpc) is 3.60. The normalized spacial score (nSPS) is 17.5. The number of rotatable bonds is 17. The van der Waals surface area contributed by atoms with Crippen molar-refractivity contribution in [2.75, 3.05) is 13.1 Å². The summed E-state index contributed by atoms with van der Waals surface area (Å²) >= 11 is 1.59. The predicted octanol–water partition coefficient (Wildman–Crippen LogP) is 5.09. The van der Waals surface area contributed by atoms with Crippen LogP contribution in [-0.2, 0) is 20.9 Å². The molecule has 0 spiro atoms. The molecule has 2 heterocycles. The number of carbonyl (C=O) groups excluding carboxylic acids is 3. The molecule has 0 radical (unpaired) electrons. The molecule has 1 aromatic heterocycles. The number of nitrogens with two attached hydrogens (primary N) is 1. The summed E-state index contributed by atoms with van der Waals surface area (Å²) in [6.07, 6.45) is 9.77. The fraction of sp³-hybridized carbons (Fsp3) is 0.647. The van der Waals surface area contributed by atoms with E-state index in [0.29, 0.717) is 13.0 Å². The Hall–Kier alpha value is -2.82. The number of amides is 3. The van der Waals surface area contributed by atoms with Crippen LogP contribution in [0.25, 0.3) is 10.4 Å². The number of aromatic nitrogens is 1. The van der Waals surface area contributed by atoms with Gasteiger partial charge in [0, 0.05) is 25.9 Å². The van der Waals surface area contributed by atoms with Gasteiger partial charge < -0.3 is 26.4 Å². The van der Waals surface area contributed by atoms with Gasteiger partial charge in [-0.3, -0.25) is 14.4 Å². The summed E-state index contributed by atoms with van der Waals surface area (Å²) in [7, 11) is 0. The Morgan fingerprint density at radius 1 is 1.02 bits per heavy atom. The van der Waals surface area contributed by atoms with E-state index in [0.717, 1.165) is 53.9 Å². The highest BCUT2D eigenvalue weighted by Crippen LogP contribution is 2.28. The highest BCUT2D eigenvalue weighted by Gasteiger charge is 2.44. The third-order valence-electron chi connectivity index (χ3n) is 8.32. The van der Waals surface area contributed by atoms with Crippen molar-refractivity contribution in [3.05, 3.63) is 41.0 Å². The maximum atomic E-state index is 13.8. The summed E-state index contributed by atoms with van der Waals surface area (Å²) in [4.78, 5) is 46.8. The lowest BCUT2D eigenvalue weighted by molar-refractivity contribution is -0.144. The van der Waals surface area contributed by atoms with Gasteiger partial charge in [0.15, 0.2) is 0 Å². The van der Waals surface area contributed by atoms with E-state index < -0.39 is 23.6 Å². The molecule has 3 amide bonds. The number of aryl methyl sites for hydroxylation is 1. The molecule has 1 aromatic carbocycles. The summed E-state index contributed by atoms with van der Waals surface area (Å²) in [5.74, 6) is -0.796. The van der Waals surface area contributed by atoms with Crippen LogP contribution in [0.2, 0.25) is 0 Å². The van der Waals surface area contributed by atoms with Crippen LogP contribution < -0.4 is 16.4 Å². The zero-order chi connectivity index (χ0) is 32.1. The monoisotopic (exact) mass is 627 g/mol. The first-order valence-corrected chi connectivity index (χ1v) is 17.1. The van der Waals surface area contributed by atoms with Crippen LogP contribution in [-0.4, -0.2) is 64.0 Å². The average molecular weight is 628 g/mol. The second-order valence-corrected chi connectivity index (χ2v) is 14.0. The maximum Gasteiger partial charge on any atom is 0.246 e. The third kappa shape index (κ3) is 11.0. The molecule has 3 atom stereocenters. The molecule has 3 unspecified atom stereocenters. The lowest BCUT2D eigenvalue weighted by atomic mass is 9.85. The van der Waals surface area contributed by atoms with Crippen molar-refractivity contribution in [1.82, 2.24) is 20.5 Å². The summed E-state index contributed by atoms with van der Waals surface area (Å²) in [5, 5.41) is 16.4. The molecule has 1 fully saturated rings. The molecular weight excluding hydrogens is 574 g/mol. The number of β-amino-alcohol motifs (C(OH)–C–C–N with tert-alkyl or cyclic N) is 1. The van der Waals surface area contributed by atoms with Crippen LogP contribution in [0.5, 0.6) is 0 Å². The molecule has 0 aliphatic carbocycles. The van der Waals surface area contributed by atoms with Gasteiger partial charge in [0.05, 0.1) is 22.2 Å². The second-order valence-electron chi connectivity index (χ2n) is 13.2. The molecule has 3 rings (SSSR count). The summed E-state index contributed by atoms with van der Waals surface area (Å²) in [6, 6.07) is 6.37. The fourth-order valence-corrected chi connectivity index (χ4v) is 6.49. The molecule has 1 saturated heterocycles. The SMILES string of the molecule is Cc1ncsc1-c1ccc(CNC(=O)C2CC(O)CN2C(=O)C(NC(=O)CCCCCCCCCCCN)C(C)(C)C)cc1. The van der Waals surface area contributed by atoms with Gasteiger partial charge in [-0.05, 0) is 42.9 Å². The first-order valence-electron chi connectivity index (χ1n) is 16.3. The largest absolute Gasteiger partial charge is 0.391 e. The number of nitrogens with zero attached hydrogens (tertiary/aromatic N) is 2. The molecular formula is C34H53N5O4S. The molecule has 244 valence electrons. The number of aliphatic hydroxyl groups excluding tert-OH is 1. The minimum atomic E-state index is -0.799. The Balaban J connectivity index is 1.49. The maximum absolute atomic E-state index is 13.8. The van der Waals surface area contributed by atoms with Gasteiger partial charge in [-0.1, -0.05) is 90.0 Å². The molecule has 0 bridgehead atoms. The van der Waals surface area contributed by atoms with Crippen molar-refractivity contribution in [2.45, 2.75) is 123 Å². The van der Waals surface area contributed by atoms with Crippen molar-refractivity contribution >= 4 is 29.1 Å². The Morgan fingerprint density at radius 3 is 2.20 bits per heavy atom. The zero-order valence-corrected chi connectivity index (χ0v) is 27.9. The number of aliphatic hydroxyl groups is 1. The number of hydrogen-bond donors (Lipinski definition) is 4. The molecule has 1 aliphatic heterocycles. The van der Waals surface area contributed by atoms with Crippen molar-refractivity contribution in [2.24, 2.45) is 11.1 Å². The number of nitrogens with one attached hydrogen (secondary N) is 2. The van der Waals surface area contributed by atoms with Crippen LogP contribution in [0, 0.1) is 12.3 Å². The van der Waals surface area contributed by atoms with Gasteiger partial charge in [-0.2, -0.15) is 0 Å². The quantitative estimate of drug-likeness (QED) is 0.180. The summed E-state index contributed by atoms with van der Waals surface area (Å²) in [5.41, 5.74) is 9.80. The van der Waals surface area contributed by atoms with E-state index >= 15 is 0 Å². The number of thiazole rings is 1. The van der Waals surface area contributed by atoms with E-state index in [1.165, 1.54) is 37.0 Å². The molecule has 9 nitrogen and oxygen atoms in total. The van der Waals surface area contributed by atoms with Gasteiger partial charge in [0.1, 0.15) is 12.1 Å². The van der Waals surface area contributed by atoms with Crippen molar-refractivity contribution in [3.63, 3.8) is 0 Å². The van der Waals surface area contributed by atoms with E-state index in [1.807, 2.05) is 57.5 Å². The third-order valence-corrected chi connectivity index (χ3v) is 9.30. The van der Waals surface area contributed by atoms with Gasteiger partial charge in [0.2, 0.25) is 17.7 Å². The summed E-state index contributed by atoms with van der Waals surface area (Å²) in [6.45, 7) is 8.84. The van der Waals surface area contributed by atoms with E-state index in [-0.39, 0.29) is 30.7 Å². The molecule has 5 N–H and O–H groups in total. The molecule has 44 heavy (non-hydrogen) atoms. The Labute approximate surface area is 267 Å². The number of likely N-dealkylation sites (tertiary alicyclic amines) is 1. The van der Waals surface area contributed by atoms with E-state index in [4.69, 9.17) is 5.73 Å². The van der Waals surface area contributed by atoms with Crippen LogP contribution >= 0.6 is 11.3 Å². The Morgan fingerprint density at radius 2 is 1.64 bits per heavy atom. The first kappa shape index (κ1) is 35.7. The molecule has 1 aliphatic rings. The molecule has 10 heteroatoms. The van der Waals surface area contributed by atoms with E-state index in [9.17, 15) is 19.5 Å². The smallest absolute Gasteiger partial charge is 0.246 e. The van der Waals surface area contributed by atoms with Crippen LogP contribution in [0.15, 0.2) is 29.8 Å². The van der Waals surface area contributed by atoms with Crippen molar-refractivity contribution in [3.8, 4) is 10.4 Å². The Bertz CT molecular complexity index is 1190. The minimum Gasteiger partial charge on any atom is -0.391 e. The van der Waals surface area contributed by atoms with Crippen LogP contribution in [0.1, 0.15) is 103 Å². The first-order chi connectivity index (χ1) is 21.0. The van der Waals surface area contributed by atoms with Gasteiger partial charge in [-0.15, -0.1) is 11.3 Å². The van der Waals surface area contributed by atoms with Crippen molar-refractivity contribution in [1.29, 1.82) is 0 Å². The number of carbonyl (C=O) groups is 3. The lowest BCUT2D eigenvalue weighted by Crippen LogP contribution is -2.57. The zero-order valence-electron chi connectivity index (χ0n) is 27.1. The van der Waals surface area contributed by atoms with Crippen LogP contribution in [0.3, 0.4) is 0 Å². The van der Waals surface area contributed by atoms with Gasteiger partial charge in [0.25, 0.3) is 0 Å². The topological polar surface area (TPSA) is 138 Å². The molecule has 2 aromatic rings. The number of hydrogen-bond acceptors (Lipinski definition) is 7. The predicted molar refractivity (Wildman–Crippen MR) is 177 cm³/mol.